The highest BCUT2D eigenvalue weighted by molar-refractivity contribution is 5.94. The summed E-state index contributed by atoms with van der Waals surface area (Å²) in [6.07, 6.45) is 4.12. The highest BCUT2D eigenvalue weighted by Crippen LogP contribution is 2.21. The van der Waals surface area contributed by atoms with E-state index in [1.54, 1.807) is 42.1 Å². The molecule has 7 nitrogen and oxygen atoms in total. The first kappa shape index (κ1) is 21.0. The van der Waals surface area contributed by atoms with Gasteiger partial charge in [-0.05, 0) is 66.9 Å². The van der Waals surface area contributed by atoms with Crippen LogP contribution in [0.1, 0.15) is 22.3 Å². The topological polar surface area (TPSA) is 101 Å². The molecule has 1 aromatic heterocycles. The molecule has 0 radical (unpaired) electrons. The Balaban J connectivity index is 1.51. The summed E-state index contributed by atoms with van der Waals surface area (Å²) < 4.78 is 5.72. The van der Waals surface area contributed by atoms with Gasteiger partial charge in [0.15, 0.2) is 0 Å². The van der Waals surface area contributed by atoms with E-state index in [2.05, 4.69) is 10.3 Å². The van der Waals surface area contributed by atoms with E-state index in [9.17, 15) is 9.59 Å². The lowest BCUT2D eigenvalue weighted by molar-refractivity contribution is -0.133. The van der Waals surface area contributed by atoms with E-state index >= 15 is 0 Å². The van der Waals surface area contributed by atoms with Crippen molar-refractivity contribution in [3.05, 3.63) is 90.3 Å². The number of benzene rings is 2. The van der Waals surface area contributed by atoms with Crippen LogP contribution in [-0.4, -0.2) is 28.6 Å². The van der Waals surface area contributed by atoms with Crippen LogP contribution in [-0.2, 0) is 11.2 Å². The zero-order valence-corrected chi connectivity index (χ0v) is 16.3. The van der Waals surface area contributed by atoms with Gasteiger partial charge in [0.2, 0.25) is 5.91 Å². The quantitative estimate of drug-likeness (QED) is 0.374. The van der Waals surface area contributed by atoms with Gasteiger partial charge in [0.05, 0.1) is 0 Å². The van der Waals surface area contributed by atoms with Crippen molar-refractivity contribution >= 4 is 11.8 Å². The standard InChI is InChI=1S/C23H23N3O4/c27-22(18-6-8-21(9-7-18)30-20-4-2-1-3-5-20)25-15-12-19(23(28)26-29)16-17-10-13-24-14-11-17/h1-11,13-14,19,29H,12,15-16H2,(H,25,27)(H,26,28). The fourth-order valence-corrected chi connectivity index (χ4v) is 2.98. The molecule has 0 bridgehead atoms. The highest BCUT2D eigenvalue weighted by atomic mass is 16.5. The molecule has 154 valence electrons. The minimum atomic E-state index is -0.483. The van der Waals surface area contributed by atoms with E-state index in [0.717, 1.165) is 11.3 Å². The molecule has 2 aromatic carbocycles. The number of carbonyl (C=O) groups is 2. The summed E-state index contributed by atoms with van der Waals surface area (Å²) >= 11 is 0. The first-order valence-corrected chi connectivity index (χ1v) is 9.59. The summed E-state index contributed by atoms with van der Waals surface area (Å²) in [4.78, 5) is 28.3. The van der Waals surface area contributed by atoms with Crippen molar-refractivity contribution in [3.63, 3.8) is 0 Å². The molecule has 0 saturated carbocycles. The van der Waals surface area contributed by atoms with E-state index in [-0.39, 0.29) is 5.91 Å². The molecule has 1 unspecified atom stereocenters. The summed E-state index contributed by atoms with van der Waals surface area (Å²) in [7, 11) is 0. The van der Waals surface area contributed by atoms with Crippen LogP contribution >= 0.6 is 0 Å². The van der Waals surface area contributed by atoms with Crippen LogP contribution in [0.25, 0.3) is 0 Å². The van der Waals surface area contributed by atoms with Crippen molar-refractivity contribution in [2.24, 2.45) is 5.92 Å². The molecule has 0 spiro atoms. The van der Waals surface area contributed by atoms with Crippen LogP contribution in [0.5, 0.6) is 11.5 Å². The molecule has 7 heteroatoms. The molecule has 3 aromatic rings. The third-order valence-corrected chi connectivity index (χ3v) is 4.59. The lowest BCUT2D eigenvalue weighted by atomic mass is 9.96. The van der Waals surface area contributed by atoms with E-state index in [0.29, 0.717) is 30.7 Å². The summed E-state index contributed by atoms with van der Waals surface area (Å²) in [5.41, 5.74) is 3.12. The molecule has 3 N–H and O–H groups in total. The number of ether oxygens (including phenoxy) is 1. The smallest absolute Gasteiger partial charge is 0.251 e. The molecule has 0 fully saturated rings. The van der Waals surface area contributed by atoms with Gasteiger partial charge in [0, 0.05) is 30.4 Å². The third kappa shape index (κ3) is 6.15. The normalized spacial score (nSPS) is 11.4. The van der Waals surface area contributed by atoms with Gasteiger partial charge in [0.25, 0.3) is 5.91 Å². The first-order valence-electron chi connectivity index (χ1n) is 9.59. The molecule has 0 aliphatic carbocycles. The van der Waals surface area contributed by atoms with Crippen LogP contribution in [0.2, 0.25) is 0 Å². The Kier molecular flexibility index (Phi) is 7.51. The number of para-hydroxylation sites is 1. The van der Waals surface area contributed by atoms with Crippen LogP contribution in [0.4, 0.5) is 0 Å². The first-order chi connectivity index (χ1) is 14.7. The number of nitrogens with one attached hydrogen (secondary N) is 2. The molecule has 2 amide bonds. The number of aromatic nitrogens is 1. The molecule has 1 heterocycles. The van der Waals surface area contributed by atoms with Gasteiger partial charge in [-0.1, -0.05) is 18.2 Å². The summed E-state index contributed by atoms with van der Waals surface area (Å²) in [6, 6.07) is 19.8. The maximum absolute atomic E-state index is 12.4. The summed E-state index contributed by atoms with van der Waals surface area (Å²) in [6.45, 7) is 0.296. The second kappa shape index (κ2) is 10.7. The van der Waals surface area contributed by atoms with Crippen LogP contribution in [0, 0.1) is 5.92 Å². The maximum Gasteiger partial charge on any atom is 0.251 e. The minimum absolute atomic E-state index is 0.242. The molecule has 30 heavy (non-hydrogen) atoms. The molecular weight excluding hydrogens is 382 g/mol. The Morgan fingerprint density at radius 3 is 2.27 bits per heavy atom. The van der Waals surface area contributed by atoms with Crippen molar-refractivity contribution in [1.29, 1.82) is 0 Å². The molecule has 0 saturated heterocycles. The lowest BCUT2D eigenvalue weighted by Crippen LogP contribution is -2.33. The molecule has 0 aliphatic heterocycles. The lowest BCUT2D eigenvalue weighted by Gasteiger charge is -2.15. The summed E-state index contributed by atoms with van der Waals surface area (Å²) in [5, 5.41) is 11.8. The number of rotatable bonds is 9. The maximum atomic E-state index is 12.4. The van der Waals surface area contributed by atoms with Crippen molar-refractivity contribution in [3.8, 4) is 11.5 Å². The van der Waals surface area contributed by atoms with Crippen LogP contribution in [0.3, 0.4) is 0 Å². The Hall–Kier alpha value is -3.71. The number of carbonyl (C=O) groups excluding carboxylic acids is 2. The van der Waals surface area contributed by atoms with E-state index in [1.165, 1.54) is 0 Å². The van der Waals surface area contributed by atoms with E-state index < -0.39 is 11.8 Å². The van der Waals surface area contributed by atoms with E-state index in [1.807, 2.05) is 42.5 Å². The van der Waals surface area contributed by atoms with E-state index in [4.69, 9.17) is 9.94 Å². The zero-order chi connectivity index (χ0) is 21.2. The second-order valence-electron chi connectivity index (χ2n) is 6.72. The van der Waals surface area contributed by atoms with Gasteiger partial charge in [-0.3, -0.25) is 19.8 Å². The molecule has 3 rings (SSSR count). The van der Waals surface area contributed by atoms with Crippen molar-refractivity contribution in [2.75, 3.05) is 6.54 Å². The second-order valence-corrected chi connectivity index (χ2v) is 6.72. The Morgan fingerprint density at radius 1 is 0.933 bits per heavy atom. The van der Waals surface area contributed by atoms with Gasteiger partial charge in [0.1, 0.15) is 11.5 Å². The number of pyridine rings is 1. The van der Waals surface area contributed by atoms with Crippen LogP contribution < -0.4 is 15.5 Å². The Bertz CT molecular complexity index is 947. The molecular formula is C23H23N3O4. The fraction of sp³-hybridized carbons (Fsp3) is 0.174. The van der Waals surface area contributed by atoms with Gasteiger partial charge in [-0.15, -0.1) is 0 Å². The van der Waals surface area contributed by atoms with Crippen LogP contribution in [0.15, 0.2) is 79.1 Å². The predicted molar refractivity (Wildman–Crippen MR) is 111 cm³/mol. The molecule has 1 atom stereocenters. The largest absolute Gasteiger partial charge is 0.457 e. The van der Waals surface area contributed by atoms with Crippen molar-refractivity contribution in [1.82, 2.24) is 15.8 Å². The van der Waals surface area contributed by atoms with Crippen molar-refractivity contribution < 1.29 is 19.5 Å². The van der Waals surface area contributed by atoms with Gasteiger partial charge < -0.3 is 10.1 Å². The van der Waals surface area contributed by atoms with Gasteiger partial charge >= 0.3 is 0 Å². The number of hydroxylamine groups is 1. The Morgan fingerprint density at radius 2 is 1.60 bits per heavy atom. The highest BCUT2D eigenvalue weighted by Gasteiger charge is 2.19. The number of hydrogen-bond acceptors (Lipinski definition) is 5. The van der Waals surface area contributed by atoms with Gasteiger partial charge in [-0.2, -0.15) is 0 Å². The minimum Gasteiger partial charge on any atom is -0.457 e. The average molecular weight is 405 g/mol. The average Bonchev–Trinajstić information content (AvgIpc) is 2.79. The number of amides is 2. The predicted octanol–water partition coefficient (Wildman–Crippen LogP) is 3.36. The third-order valence-electron chi connectivity index (χ3n) is 4.59. The Labute approximate surface area is 174 Å². The zero-order valence-electron chi connectivity index (χ0n) is 16.3. The summed E-state index contributed by atoms with van der Waals surface area (Å²) in [5.74, 6) is 0.156. The number of nitrogens with zero attached hydrogens (tertiary/aromatic N) is 1. The van der Waals surface area contributed by atoms with Crippen molar-refractivity contribution in [2.45, 2.75) is 12.8 Å². The molecule has 0 aliphatic rings. The SMILES string of the molecule is O=C(NCCC(Cc1ccncc1)C(=O)NO)c1ccc(Oc2ccccc2)cc1. The van der Waals surface area contributed by atoms with Gasteiger partial charge in [-0.25, -0.2) is 5.48 Å². The monoisotopic (exact) mass is 405 g/mol. The fourth-order valence-electron chi connectivity index (χ4n) is 2.98. The number of hydrogen-bond donors (Lipinski definition) is 3.